The molecule has 1 heterocycles. The molecule has 0 saturated heterocycles. The van der Waals surface area contributed by atoms with Crippen LogP contribution in [0.2, 0.25) is 0 Å². The Morgan fingerprint density at radius 1 is 1.32 bits per heavy atom. The SMILES string of the molecule is C=CCc1ccc(/C=N/NC(=O)Cn2nnc3ccccc32)cc1O. The van der Waals surface area contributed by atoms with E-state index in [4.69, 9.17) is 0 Å². The highest BCUT2D eigenvalue weighted by molar-refractivity contribution is 5.83. The number of nitrogens with zero attached hydrogens (tertiary/aromatic N) is 4. The molecule has 3 rings (SSSR count). The first kappa shape index (κ1) is 16.4. The number of carbonyl (C=O) groups excluding carboxylic acids is 1. The normalized spacial score (nSPS) is 11.0. The molecule has 2 aromatic carbocycles. The number of hydrogen-bond acceptors (Lipinski definition) is 5. The van der Waals surface area contributed by atoms with E-state index in [0.717, 1.165) is 16.6 Å². The van der Waals surface area contributed by atoms with Crippen LogP contribution in [0.5, 0.6) is 5.75 Å². The summed E-state index contributed by atoms with van der Waals surface area (Å²) in [4.78, 5) is 12.0. The summed E-state index contributed by atoms with van der Waals surface area (Å²) >= 11 is 0. The number of aromatic nitrogens is 3. The van der Waals surface area contributed by atoms with E-state index in [0.29, 0.717) is 12.0 Å². The van der Waals surface area contributed by atoms with Gasteiger partial charge in [0.1, 0.15) is 17.8 Å². The quantitative estimate of drug-likeness (QED) is 0.409. The van der Waals surface area contributed by atoms with Crippen molar-refractivity contribution in [3.8, 4) is 5.75 Å². The maximum absolute atomic E-state index is 12.0. The molecule has 25 heavy (non-hydrogen) atoms. The van der Waals surface area contributed by atoms with E-state index >= 15 is 0 Å². The molecule has 1 amide bonds. The summed E-state index contributed by atoms with van der Waals surface area (Å²) in [5.74, 6) is -0.149. The topological polar surface area (TPSA) is 92.4 Å². The number of allylic oxidation sites excluding steroid dienone is 1. The van der Waals surface area contributed by atoms with Crippen LogP contribution in [0.15, 0.2) is 60.2 Å². The zero-order valence-corrected chi connectivity index (χ0v) is 13.5. The second kappa shape index (κ2) is 7.39. The number of hydrogen-bond donors (Lipinski definition) is 2. The van der Waals surface area contributed by atoms with Gasteiger partial charge >= 0.3 is 0 Å². The Morgan fingerprint density at radius 3 is 2.96 bits per heavy atom. The second-order valence-electron chi connectivity index (χ2n) is 5.41. The van der Waals surface area contributed by atoms with Gasteiger partial charge in [0.05, 0.1) is 11.7 Å². The van der Waals surface area contributed by atoms with Crippen LogP contribution in [0.1, 0.15) is 11.1 Å². The molecule has 0 atom stereocenters. The summed E-state index contributed by atoms with van der Waals surface area (Å²) in [7, 11) is 0. The van der Waals surface area contributed by atoms with Crippen LogP contribution < -0.4 is 5.43 Å². The number of phenols is 1. The van der Waals surface area contributed by atoms with Crippen molar-refractivity contribution in [1.29, 1.82) is 0 Å². The summed E-state index contributed by atoms with van der Waals surface area (Å²) in [6, 6.07) is 12.6. The maximum Gasteiger partial charge on any atom is 0.261 e. The molecular weight excluding hydrogens is 318 g/mol. The molecule has 2 N–H and O–H groups in total. The van der Waals surface area contributed by atoms with E-state index in [1.165, 1.54) is 10.9 Å². The number of rotatable bonds is 6. The molecule has 0 aliphatic rings. The molecule has 0 radical (unpaired) electrons. The number of amides is 1. The average molecular weight is 335 g/mol. The summed E-state index contributed by atoms with van der Waals surface area (Å²) in [6.45, 7) is 3.66. The van der Waals surface area contributed by atoms with Crippen LogP contribution in [0, 0.1) is 0 Å². The number of aromatic hydroxyl groups is 1. The minimum Gasteiger partial charge on any atom is -0.508 e. The third-order valence-corrected chi connectivity index (χ3v) is 3.59. The van der Waals surface area contributed by atoms with Crippen molar-refractivity contribution in [2.24, 2.45) is 5.10 Å². The van der Waals surface area contributed by atoms with Gasteiger partial charge in [0, 0.05) is 0 Å². The number of benzene rings is 2. The van der Waals surface area contributed by atoms with E-state index < -0.39 is 0 Å². The predicted molar refractivity (Wildman–Crippen MR) is 95.3 cm³/mol. The molecule has 0 aliphatic carbocycles. The minimum atomic E-state index is -0.320. The van der Waals surface area contributed by atoms with E-state index in [1.807, 2.05) is 24.3 Å². The Kier molecular flexibility index (Phi) is 4.84. The van der Waals surface area contributed by atoms with Crippen molar-refractivity contribution < 1.29 is 9.90 Å². The molecule has 7 heteroatoms. The molecule has 0 unspecified atom stereocenters. The van der Waals surface area contributed by atoms with E-state index in [1.54, 1.807) is 24.3 Å². The van der Waals surface area contributed by atoms with Crippen molar-refractivity contribution in [3.63, 3.8) is 0 Å². The lowest BCUT2D eigenvalue weighted by atomic mass is 10.1. The lowest BCUT2D eigenvalue weighted by molar-refractivity contribution is -0.121. The second-order valence-corrected chi connectivity index (χ2v) is 5.41. The first-order valence-electron chi connectivity index (χ1n) is 7.70. The zero-order valence-electron chi connectivity index (χ0n) is 13.5. The first-order valence-corrected chi connectivity index (χ1v) is 7.70. The van der Waals surface area contributed by atoms with Crippen molar-refractivity contribution in [3.05, 3.63) is 66.2 Å². The number of fused-ring (bicyclic) bond motifs is 1. The van der Waals surface area contributed by atoms with Crippen molar-refractivity contribution in [1.82, 2.24) is 20.4 Å². The van der Waals surface area contributed by atoms with Crippen LogP contribution in [0.4, 0.5) is 0 Å². The smallest absolute Gasteiger partial charge is 0.261 e. The van der Waals surface area contributed by atoms with Crippen LogP contribution in [0.3, 0.4) is 0 Å². The van der Waals surface area contributed by atoms with Gasteiger partial charge < -0.3 is 5.11 Å². The Balaban J connectivity index is 1.61. The third-order valence-electron chi connectivity index (χ3n) is 3.59. The zero-order chi connectivity index (χ0) is 17.6. The fourth-order valence-electron chi connectivity index (χ4n) is 2.37. The average Bonchev–Trinajstić information content (AvgIpc) is 3.00. The molecule has 7 nitrogen and oxygen atoms in total. The Bertz CT molecular complexity index is 946. The lowest BCUT2D eigenvalue weighted by Crippen LogP contribution is -2.23. The lowest BCUT2D eigenvalue weighted by Gasteiger charge is -2.03. The van der Waals surface area contributed by atoms with E-state index in [9.17, 15) is 9.90 Å². The van der Waals surface area contributed by atoms with Gasteiger partial charge in [-0.1, -0.05) is 35.6 Å². The molecule has 126 valence electrons. The highest BCUT2D eigenvalue weighted by atomic mass is 16.3. The van der Waals surface area contributed by atoms with Crippen LogP contribution in [0.25, 0.3) is 11.0 Å². The van der Waals surface area contributed by atoms with Crippen molar-refractivity contribution >= 4 is 23.2 Å². The summed E-state index contributed by atoms with van der Waals surface area (Å²) in [5, 5.41) is 21.7. The number of nitrogens with one attached hydrogen (secondary N) is 1. The minimum absolute atomic E-state index is 0.0153. The van der Waals surface area contributed by atoms with Crippen molar-refractivity contribution in [2.45, 2.75) is 13.0 Å². The Labute approximate surface area is 144 Å². The fraction of sp³-hybridized carbons (Fsp3) is 0.111. The predicted octanol–water partition coefficient (Wildman–Crippen LogP) is 2.02. The molecule has 3 aromatic rings. The highest BCUT2D eigenvalue weighted by Crippen LogP contribution is 2.18. The van der Waals surface area contributed by atoms with Gasteiger partial charge in [0.25, 0.3) is 5.91 Å². The van der Waals surface area contributed by atoms with Gasteiger partial charge in [-0.3, -0.25) is 4.79 Å². The molecule has 1 aromatic heterocycles. The molecule has 0 aliphatic heterocycles. The largest absolute Gasteiger partial charge is 0.508 e. The van der Waals surface area contributed by atoms with Crippen LogP contribution >= 0.6 is 0 Å². The van der Waals surface area contributed by atoms with Gasteiger partial charge in [0.2, 0.25) is 0 Å². The first-order chi connectivity index (χ1) is 12.2. The van der Waals surface area contributed by atoms with Gasteiger partial charge in [0.15, 0.2) is 0 Å². The standard InChI is InChI=1S/C18H17N5O2/c1-2-5-14-9-8-13(10-17(14)24)11-19-21-18(25)12-23-16-7-4-3-6-15(16)20-22-23/h2-4,6-11,24H,1,5,12H2,(H,21,25)/b19-11+. The molecule has 0 fully saturated rings. The monoisotopic (exact) mass is 335 g/mol. The van der Waals surface area contributed by atoms with Gasteiger partial charge in [-0.25, -0.2) is 10.1 Å². The van der Waals surface area contributed by atoms with Crippen LogP contribution in [-0.2, 0) is 17.8 Å². The van der Waals surface area contributed by atoms with E-state index in [2.05, 4.69) is 27.4 Å². The Hall–Kier alpha value is -3.48. The molecule has 0 saturated carbocycles. The molecular formula is C18H17N5O2. The third kappa shape index (κ3) is 3.89. The Morgan fingerprint density at radius 2 is 2.16 bits per heavy atom. The maximum atomic E-state index is 12.0. The number of carbonyl (C=O) groups is 1. The van der Waals surface area contributed by atoms with E-state index in [-0.39, 0.29) is 18.2 Å². The van der Waals surface area contributed by atoms with Gasteiger partial charge in [-0.15, -0.1) is 11.7 Å². The molecule has 0 spiro atoms. The fourth-order valence-corrected chi connectivity index (χ4v) is 2.37. The highest BCUT2D eigenvalue weighted by Gasteiger charge is 2.07. The summed E-state index contributed by atoms with van der Waals surface area (Å²) in [6.07, 6.45) is 3.78. The number of para-hydroxylation sites is 1. The van der Waals surface area contributed by atoms with Gasteiger partial charge in [-0.05, 0) is 35.7 Å². The summed E-state index contributed by atoms with van der Waals surface area (Å²) in [5.41, 5.74) is 5.41. The number of phenolic OH excluding ortho intramolecular Hbond substituents is 1. The molecule has 0 bridgehead atoms. The summed E-state index contributed by atoms with van der Waals surface area (Å²) < 4.78 is 1.51. The van der Waals surface area contributed by atoms with Gasteiger partial charge in [-0.2, -0.15) is 5.10 Å². The van der Waals surface area contributed by atoms with Crippen LogP contribution in [-0.4, -0.2) is 32.2 Å². The number of hydrazone groups is 1. The van der Waals surface area contributed by atoms with Crippen molar-refractivity contribution in [2.75, 3.05) is 0 Å².